The molecule has 5 heterocycles. The van der Waals surface area contributed by atoms with E-state index in [0.717, 1.165) is 34.0 Å². The fourth-order valence-corrected chi connectivity index (χ4v) is 5.99. The van der Waals surface area contributed by atoms with E-state index >= 15 is 0 Å². The Labute approximate surface area is 183 Å². The number of nitrogens with zero attached hydrogens (tertiary/aromatic N) is 6. The lowest BCUT2D eigenvalue weighted by molar-refractivity contribution is 0.123. The molecule has 0 radical (unpaired) electrons. The zero-order chi connectivity index (χ0) is 21.0. The first-order valence-corrected chi connectivity index (χ1v) is 11.4. The number of anilines is 1. The van der Waals surface area contributed by atoms with Gasteiger partial charge in [0.1, 0.15) is 5.75 Å². The van der Waals surface area contributed by atoms with Crippen LogP contribution in [0.5, 0.6) is 5.75 Å². The summed E-state index contributed by atoms with van der Waals surface area (Å²) < 4.78 is 0.990. The van der Waals surface area contributed by atoms with Gasteiger partial charge in [-0.05, 0) is 56.6 Å². The molecule has 1 atom stereocenters. The number of phenols is 1. The molecular weight excluding hydrogens is 410 g/mol. The van der Waals surface area contributed by atoms with Gasteiger partial charge in [0, 0.05) is 30.4 Å². The molecule has 1 aromatic carbocycles. The summed E-state index contributed by atoms with van der Waals surface area (Å²) in [5.41, 5.74) is 4.01. The molecule has 0 saturated carbocycles. The van der Waals surface area contributed by atoms with Crippen LogP contribution in [0.1, 0.15) is 19.3 Å². The summed E-state index contributed by atoms with van der Waals surface area (Å²) in [6.07, 6.45) is 7.20. The van der Waals surface area contributed by atoms with E-state index in [1.807, 2.05) is 18.2 Å². The third-order valence-corrected chi connectivity index (χ3v) is 7.61. The quantitative estimate of drug-likeness (QED) is 0.510. The summed E-state index contributed by atoms with van der Waals surface area (Å²) in [6.45, 7) is 3.31. The van der Waals surface area contributed by atoms with Crippen molar-refractivity contribution in [1.82, 2.24) is 30.3 Å². The minimum atomic E-state index is 0.170. The standard InChI is InChI=1S/C22H23N7OS/c1-28-7-2-5-22(13-28)6-8-29(22)21-25-20-19(31-21)10-17(26-27-20)16-4-3-14(9-18(16)30)15-11-23-24-12-15/h3-4,9-12,30H,2,5-8,13H2,1H3,(H,23,24). The van der Waals surface area contributed by atoms with Crippen LogP contribution in [-0.4, -0.2) is 67.6 Å². The third-order valence-electron chi connectivity index (χ3n) is 6.60. The Kier molecular flexibility index (Phi) is 4.22. The first-order chi connectivity index (χ1) is 15.1. The summed E-state index contributed by atoms with van der Waals surface area (Å²) in [6, 6.07) is 7.54. The molecule has 31 heavy (non-hydrogen) atoms. The largest absolute Gasteiger partial charge is 0.507 e. The highest BCUT2D eigenvalue weighted by Gasteiger charge is 2.47. The van der Waals surface area contributed by atoms with Crippen molar-refractivity contribution < 1.29 is 5.11 Å². The second-order valence-corrected chi connectivity index (χ2v) is 9.61. The van der Waals surface area contributed by atoms with E-state index in [0.29, 0.717) is 16.9 Å². The van der Waals surface area contributed by atoms with Gasteiger partial charge in [0.25, 0.3) is 0 Å². The number of aromatic amines is 1. The maximum Gasteiger partial charge on any atom is 0.194 e. The highest BCUT2D eigenvalue weighted by atomic mass is 32.1. The Balaban J connectivity index is 1.32. The molecule has 0 bridgehead atoms. The molecule has 6 rings (SSSR count). The minimum absolute atomic E-state index is 0.170. The maximum atomic E-state index is 10.6. The van der Waals surface area contributed by atoms with Crippen LogP contribution in [0, 0.1) is 0 Å². The van der Waals surface area contributed by atoms with Gasteiger partial charge in [-0.2, -0.15) is 10.1 Å². The van der Waals surface area contributed by atoms with Crippen LogP contribution in [0.25, 0.3) is 32.7 Å². The predicted molar refractivity (Wildman–Crippen MR) is 121 cm³/mol. The van der Waals surface area contributed by atoms with Crippen LogP contribution in [0.2, 0.25) is 0 Å². The van der Waals surface area contributed by atoms with Crippen molar-refractivity contribution in [3.05, 3.63) is 36.7 Å². The second-order valence-electron chi connectivity index (χ2n) is 8.60. The van der Waals surface area contributed by atoms with Crippen molar-refractivity contribution in [2.45, 2.75) is 24.8 Å². The molecule has 1 unspecified atom stereocenters. The number of hydrogen-bond acceptors (Lipinski definition) is 8. The van der Waals surface area contributed by atoms with Crippen LogP contribution in [0.15, 0.2) is 36.7 Å². The molecule has 1 spiro atoms. The Hall–Kier alpha value is -3.04. The lowest BCUT2D eigenvalue weighted by Crippen LogP contribution is -2.66. The number of fused-ring (bicyclic) bond motifs is 1. The molecule has 158 valence electrons. The van der Waals surface area contributed by atoms with Crippen LogP contribution < -0.4 is 4.90 Å². The van der Waals surface area contributed by atoms with Gasteiger partial charge >= 0.3 is 0 Å². The van der Waals surface area contributed by atoms with Crippen molar-refractivity contribution in [3.8, 4) is 28.1 Å². The van der Waals surface area contributed by atoms with Gasteiger partial charge in [-0.15, -0.1) is 10.2 Å². The number of nitrogens with one attached hydrogen (secondary N) is 1. The molecule has 2 aliphatic heterocycles. The number of aromatic nitrogens is 5. The van der Waals surface area contributed by atoms with E-state index in [4.69, 9.17) is 4.98 Å². The van der Waals surface area contributed by atoms with Crippen molar-refractivity contribution in [3.63, 3.8) is 0 Å². The molecule has 0 amide bonds. The lowest BCUT2D eigenvalue weighted by Gasteiger charge is -2.56. The number of thiazole rings is 1. The number of likely N-dealkylation sites (tertiary alicyclic amines) is 1. The summed E-state index contributed by atoms with van der Waals surface area (Å²) in [4.78, 5) is 9.69. The lowest BCUT2D eigenvalue weighted by atomic mass is 9.78. The van der Waals surface area contributed by atoms with Crippen LogP contribution in [0.3, 0.4) is 0 Å². The SMILES string of the molecule is CN1CCCC2(CCN2c2nc3nnc(-c4ccc(-c5cn[nH]c5)cc4O)cc3s2)C1. The first-order valence-electron chi connectivity index (χ1n) is 10.5. The predicted octanol–water partition coefficient (Wildman–Crippen LogP) is 3.52. The van der Waals surface area contributed by atoms with Gasteiger partial charge in [-0.25, -0.2) is 0 Å². The second kappa shape index (κ2) is 7.00. The van der Waals surface area contributed by atoms with E-state index in [2.05, 4.69) is 37.2 Å². The van der Waals surface area contributed by atoms with Gasteiger partial charge in [-0.1, -0.05) is 17.4 Å². The molecule has 8 nitrogen and oxygen atoms in total. The van der Waals surface area contributed by atoms with E-state index in [9.17, 15) is 5.11 Å². The number of aromatic hydroxyl groups is 1. The number of benzene rings is 1. The fraction of sp³-hybridized carbons (Fsp3) is 0.364. The van der Waals surface area contributed by atoms with Crippen LogP contribution >= 0.6 is 11.3 Å². The van der Waals surface area contributed by atoms with Gasteiger partial charge in [0.05, 0.1) is 22.1 Å². The van der Waals surface area contributed by atoms with Gasteiger partial charge in [0.2, 0.25) is 0 Å². The zero-order valence-corrected chi connectivity index (χ0v) is 18.1. The molecule has 2 N–H and O–H groups in total. The highest BCUT2D eigenvalue weighted by Crippen LogP contribution is 2.44. The van der Waals surface area contributed by atoms with Crippen LogP contribution in [0.4, 0.5) is 5.13 Å². The average Bonchev–Trinajstić information content (AvgIpc) is 3.42. The topological polar surface area (TPSA) is 94.1 Å². The molecule has 0 aliphatic carbocycles. The number of piperidine rings is 1. The number of likely N-dealkylation sites (N-methyl/N-ethyl adjacent to an activating group) is 1. The zero-order valence-electron chi connectivity index (χ0n) is 17.2. The first kappa shape index (κ1) is 18.7. The van der Waals surface area contributed by atoms with Crippen molar-refractivity contribution >= 4 is 26.8 Å². The Morgan fingerprint density at radius 2 is 2.06 bits per heavy atom. The number of H-pyrrole nitrogens is 1. The molecule has 4 aromatic rings. The summed E-state index contributed by atoms with van der Waals surface area (Å²) in [5.74, 6) is 0.170. The molecule has 9 heteroatoms. The van der Waals surface area contributed by atoms with Crippen molar-refractivity contribution in [1.29, 1.82) is 0 Å². The molecule has 2 aliphatic rings. The Morgan fingerprint density at radius 3 is 2.81 bits per heavy atom. The molecule has 2 saturated heterocycles. The number of hydrogen-bond donors (Lipinski definition) is 2. The van der Waals surface area contributed by atoms with E-state index in [1.54, 1.807) is 29.8 Å². The average molecular weight is 434 g/mol. The minimum Gasteiger partial charge on any atom is -0.507 e. The Morgan fingerprint density at radius 1 is 1.13 bits per heavy atom. The molecule has 3 aromatic heterocycles. The van der Waals surface area contributed by atoms with E-state index in [1.165, 1.54) is 25.8 Å². The van der Waals surface area contributed by atoms with Crippen molar-refractivity contribution in [2.75, 3.05) is 31.6 Å². The maximum absolute atomic E-state index is 10.6. The van der Waals surface area contributed by atoms with Crippen LogP contribution in [-0.2, 0) is 0 Å². The number of rotatable bonds is 3. The monoisotopic (exact) mass is 433 g/mol. The molecule has 2 fully saturated rings. The van der Waals surface area contributed by atoms with E-state index in [-0.39, 0.29) is 11.3 Å². The normalized spacial score (nSPS) is 21.6. The summed E-state index contributed by atoms with van der Waals surface area (Å²) in [7, 11) is 2.21. The number of phenolic OH excluding ortho intramolecular Hbond substituents is 1. The van der Waals surface area contributed by atoms with Crippen molar-refractivity contribution in [2.24, 2.45) is 0 Å². The summed E-state index contributed by atoms with van der Waals surface area (Å²) in [5, 5.41) is 27.1. The summed E-state index contributed by atoms with van der Waals surface area (Å²) >= 11 is 1.67. The smallest absolute Gasteiger partial charge is 0.194 e. The van der Waals surface area contributed by atoms with Gasteiger partial charge < -0.3 is 14.9 Å². The highest BCUT2D eigenvalue weighted by molar-refractivity contribution is 7.22. The van der Waals surface area contributed by atoms with Gasteiger partial charge in [-0.3, -0.25) is 5.10 Å². The fourth-order valence-electron chi connectivity index (χ4n) is 4.92. The Bertz CT molecular complexity index is 1250. The van der Waals surface area contributed by atoms with E-state index < -0.39 is 0 Å². The van der Waals surface area contributed by atoms with Gasteiger partial charge in [0.15, 0.2) is 10.8 Å². The third kappa shape index (κ3) is 3.07. The molecular formula is C22H23N7OS.